The summed E-state index contributed by atoms with van der Waals surface area (Å²) in [5.74, 6) is -1.85. The predicted octanol–water partition coefficient (Wildman–Crippen LogP) is 2.83. The van der Waals surface area contributed by atoms with Gasteiger partial charge in [0, 0.05) is 11.6 Å². The Hall–Kier alpha value is -0.960. The fraction of sp³-hybridized carbons (Fsp3) is 0.222. The molecule has 0 aromatic heterocycles. The number of halogens is 3. The molecular weight excluding hydrogens is 198 g/mol. The summed E-state index contributed by atoms with van der Waals surface area (Å²) in [5.41, 5.74) is 0.00978. The number of Topliss-reactive ketones (excluding diaryl/α,β-unsaturated/α-hetero) is 1. The molecule has 1 rings (SSSR count). The van der Waals surface area contributed by atoms with Gasteiger partial charge in [-0.3, -0.25) is 4.79 Å². The minimum atomic E-state index is -1.04. The number of carbonyl (C=O) groups is 1. The van der Waals surface area contributed by atoms with Gasteiger partial charge in [0.25, 0.3) is 0 Å². The van der Waals surface area contributed by atoms with E-state index in [0.717, 1.165) is 6.07 Å². The van der Waals surface area contributed by atoms with Gasteiger partial charge in [-0.2, -0.15) is 0 Å². The Morgan fingerprint density at radius 3 is 2.54 bits per heavy atom. The van der Waals surface area contributed by atoms with Crippen molar-refractivity contribution in [3.05, 3.63) is 35.4 Å². The zero-order chi connectivity index (χ0) is 10.0. The van der Waals surface area contributed by atoms with Crippen LogP contribution in [0.5, 0.6) is 0 Å². The lowest BCUT2D eigenvalue weighted by molar-refractivity contribution is -0.116. The molecule has 1 aromatic rings. The van der Waals surface area contributed by atoms with Gasteiger partial charge in [-0.25, -0.2) is 8.78 Å². The molecule has 0 bridgehead atoms. The van der Waals surface area contributed by atoms with Gasteiger partial charge in [-0.1, -0.05) is 6.07 Å². The second-order valence-corrected chi connectivity index (χ2v) is 3.08. The molecule has 1 nitrogen and oxygen atoms in total. The fourth-order valence-electron chi connectivity index (χ4n) is 0.926. The van der Waals surface area contributed by atoms with E-state index in [0.29, 0.717) is 6.07 Å². The first-order valence-corrected chi connectivity index (χ1v) is 4.05. The zero-order valence-electron chi connectivity index (χ0n) is 6.85. The largest absolute Gasteiger partial charge is 0.298 e. The highest BCUT2D eigenvalue weighted by atomic mass is 35.5. The van der Waals surface area contributed by atoms with Crippen LogP contribution in [0.1, 0.15) is 17.9 Å². The average Bonchev–Trinajstić information content (AvgIpc) is 2.03. The molecule has 0 amide bonds. The number of ketones is 1. The van der Waals surface area contributed by atoms with Crippen LogP contribution in [-0.2, 0) is 4.79 Å². The Morgan fingerprint density at radius 2 is 2.08 bits per heavy atom. The maximum atomic E-state index is 13.0. The van der Waals surface area contributed by atoms with Gasteiger partial charge in [-0.15, -0.1) is 11.6 Å². The zero-order valence-corrected chi connectivity index (χ0v) is 7.61. The van der Waals surface area contributed by atoms with E-state index in [1.807, 2.05) is 0 Å². The van der Waals surface area contributed by atoms with Gasteiger partial charge >= 0.3 is 0 Å². The Labute approximate surface area is 79.3 Å². The van der Waals surface area contributed by atoms with Gasteiger partial charge < -0.3 is 0 Å². The molecule has 0 heterocycles. The SMILES string of the molecule is CC(=O)C(Cl)c1ccc(F)cc1F. The lowest BCUT2D eigenvalue weighted by Crippen LogP contribution is -2.04. The molecule has 13 heavy (non-hydrogen) atoms. The summed E-state index contributed by atoms with van der Waals surface area (Å²) in [5, 5.41) is -1.04. The molecule has 0 radical (unpaired) electrons. The standard InChI is InChI=1S/C9H7ClF2O/c1-5(13)9(10)7-3-2-6(11)4-8(7)12/h2-4,9H,1H3. The molecule has 0 fully saturated rings. The van der Waals surface area contributed by atoms with Crippen LogP contribution in [0, 0.1) is 11.6 Å². The molecule has 0 saturated carbocycles. The third-order valence-electron chi connectivity index (χ3n) is 1.59. The molecule has 0 spiro atoms. The highest BCUT2D eigenvalue weighted by molar-refractivity contribution is 6.30. The van der Waals surface area contributed by atoms with Crippen LogP contribution in [0.2, 0.25) is 0 Å². The first-order chi connectivity index (χ1) is 6.02. The summed E-state index contributed by atoms with van der Waals surface area (Å²) in [6.07, 6.45) is 0. The molecule has 0 aliphatic carbocycles. The number of alkyl halides is 1. The van der Waals surface area contributed by atoms with Crippen molar-refractivity contribution in [2.45, 2.75) is 12.3 Å². The maximum absolute atomic E-state index is 13.0. The minimum absolute atomic E-state index is 0.00978. The Bertz CT molecular complexity index is 338. The molecule has 70 valence electrons. The summed E-state index contributed by atoms with van der Waals surface area (Å²) in [7, 11) is 0. The Kier molecular flexibility index (Phi) is 2.98. The molecule has 0 aliphatic heterocycles. The van der Waals surface area contributed by atoms with E-state index in [1.54, 1.807) is 0 Å². The first-order valence-electron chi connectivity index (χ1n) is 3.62. The highest BCUT2D eigenvalue weighted by Crippen LogP contribution is 2.24. The molecule has 0 N–H and O–H groups in total. The monoisotopic (exact) mass is 204 g/mol. The summed E-state index contributed by atoms with van der Waals surface area (Å²) in [6, 6.07) is 2.94. The number of hydrogen-bond donors (Lipinski definition) is 0. The van der Waals surface area contributed by atoms with Gasteiger partial charge in [0.15, 0.2) is 5.78 Å². The quantitative estimate of drug-likeness (QED) is 0.677. The van der Waals surface area contributed by atoms with Crippen molar-refractivity contribution < 1.29 is 13.6 Å². The minimum Gasteiger partial charge on any atom is -0.298 e. The number of carbonyl (C=O) groups excluding carboxylic acids is 1. The maximum Gasteiger partial charge on any atom is 0.152 e. The normalized spacial score (nSPS) is 12.6. The van der Waals surface area contributed by atoms with Gasteiger partial charge in [0.1, 0.15) is 17.0 Å². The Balaban J connectivity index is 3.08. The van der Waals surface area contributed by atoms with E-state index in [1.165, 1.54) is 13.0 Å². The lowest BCUT2D eigenvalue weighted by atomic mass is 10.1. The van der Waals surface area contributed by atoms with E-state index in [4.69, 9.17) is 11.6 Å². The molecule has 1 atom stereocenters. The van der Waals surface area contributed by atoms with Crippen LogP contribution in [0.4, 0.5) is 8.78 Å². The first kappa shape index (κ1) is 10.1. The second-order valence-electron chi connectivity index (χ2n) is 2.64. The Morgan fingerprint density at radius 1 is 1.46 bits per heavy atom. The van der Waals surface area contributed by atoms with Crippen molar-refractivity contribution >= 4 is 17.4 Å². The topological polar surface area (TPSA) is 17.1 Å². The smallest absolute Gasteiger partial charge is 0.152 e. The molecule has 1 unspecified atom stereocenters. The van der Waals surface area contributed by atoms with Crippen molar-refractivity contribution in [1.82, 2.24) is 0 Å². The van der Waals surface area contributed by atoms with Crippen molar-refractivity contribution in [1.29, 1.82) is 0 Å². The molecular formula is C9H7ClF2O. The van der Waals surface area contributed by atoms with E-state index in [9.17, 15) is 13.6 Å². The average molecular weight is 205 g/mol. The third kappa shape index (κ3) is 2.25. The third-order valence-corrected chi connectivity index (χ3v) is 2.13. The van der Waals surface area contributed by atoms with Crippen molar-refractivity contribution in [2.24, 2.45) is 0 Å². The molecule has 0 saturated heterocycles. The lowest BCUT2D eigenvalue weighted by Gasteiger charge is -2.06. The summed E-state index contributed by atoms with van der Waals surface area (Å²) in [4.78, 5) is 10.8. The van der Waals surface area contributed by atoms with Crippen molar-refractivity contribution in [3.63, 3.8) is 0 Å². The number of hydrogen-bond acceptors (Lipinski definition) is 1. The molecule has 0 aliphatic rings. The fourth-order valence-corrected chi connectivity index (χ4v) is 1.10. The predicted molar refractivity (Wildman–Crippen MR) is 45.6 cm³/mol. The van der Waals surface area contributed by atoms with Gasteiger partial charge in [0.05, 0.1) is 0 Å². The van der Waals surface area contributed by atoms with Crippen molar-refractivity contribution in [3.8, 4) is 0 Å². The van der Waals surface area contributed by atoms with Crippen LogP contribution < -0.4 is 0 Å². The summed E-state index contributed by atoms with van der Waals surface area (Å²) in [6.45, 7) is 1.25. The number of rotatable bonds is 2. The van der Waals surface area contributed by atoms with Crippen LogP contribution in [0.15, 0.2) is 18.2 Å². The van der Waals surface area contributed by atoms with Crippen LogP contribution >= 0.6 is 11.6 Å². The second kappa shape index (κ2) is 3.83. The molecule has 1 aromatic carbocycles. The van der Waals surface area contributed by atoms with Crippen LogP contribution in [0.25, 0.3) is 0 Å². The van der Waals surface area contributed by atoms with E-state index < -0.39 is 17.0 Å². The van der Waals surface area contributed by atoms with E-state index >= 15 is 0 Å². The summed E-state index contributed by atoms with van der Waals surface area (Å²) < 4.78 is 25.4. The van der Waals surface area contributed by atoms with Gasteiger partial charge in [0.2, 0.25) is 0 Å². The highest BCUT2D eigenvalue weighted by Gasteiger charge is 2.17. The molecule has 4 heteroatoms. The van der Waals surface area contributed by atoms with Crippen LogP contribution in [0.3, 0.4) is 0 Å². The van der Waals surface area contributed by atoms with Gasteiger partial charge in [-0.05, 0) is 13.0 Å². The number of benzene rings is 1. The summed E-state index contributed by atoms with van der Waals surface area (Å²) >= 11 is 5.59. The van der Waals surface area contributed by atoms with Crippen LogP contribution in [-0.4, -0.2) is 5.78 Å². The van der Waals surface area contributed by atoms with E-state index in [-0.39, 0.29) is 11.3 Å². The van der Waals surface area contributed by atoms with E-state index in [2.05, 4.69) is 0 Å². The van der Waals surface area contributed by atoms with Crippen molar-refractivity contribution in [2.75, 3.05) is 0 Å².